The highest BCUT2D eigenvalue weighted by atomic mass is 19.1. The number of hydrogen-bond acceptors (Lipinski definition) is 4. The van der Waals surface area contributed by atoms with Gasteiger partial charge in [0, 0.05) is 24.6 Å². The van der Waals surface area contributed by atoms with Crippen LogP contribution in [-0.2, 0) is 19.6 Å². The minimum absolute atomic E-state index is 0.0708. The maximum Gasteiger partial charge on any atom is 0.254 e. The number of aryl methyl sites for hydroxylation is 1. The fourth-order valence-corrected chi connectivity index (χ4v) is 3.07. The van der Waals surface area contributed by atoms with Gasteiger partial charge in [0.15, 0.2) is 6.61 Å². The number of oxazole rings is 1. The second-order valence-electron chi connectivity index (χ2n) is 6.66. The van der Waals surface area contributed by atoms with Crippen LogP contribution in [0.2, 0.25) is 0 Å². The molecule has 0 N–H and O–H groups in total. The number of carbonyl (C=O) groups is 1. The van der Waals surface area contributed by atoms with Gasteiger partial charge in [-0.3, -0.25) is 4.79 Å². The van der Waals surface area contributed by atoms with Gasteiger partial charge in [0.25, 0.3) is 5.91 Å². The van der Waals surface area contributed by atoms with Gasteiger partial charge in [-0.15, -0.1) is 0 Å². The summed E-state index contributed by atoms with van der Waals surface area (Å²) in [6, 6.07) is 10.1. The first-order chi connectivity index (χ1) is 13.5. The molecule has 1 aliphatic heterocycles. The number of rotatable bonds is 4. The Morgan fingerprint density at radius 2 is 2.00 bits per heavy atom. The van der Waals surface area contributed by atoms with Gasteiger partial charge >= 0.3 is 0 Å². The molecular weight excluding hydrogens is 366 g/mol. The molecule has 144 valence electrons. The van der Waals surface area contributed by atoms with E-state index in [1.165, 1.54) is 30.3 Å². The number of amides is 1. The van der Waals surface area contributed by atoms with E-state index in [0.29, 0.717) is 41.5 Å². The molecule has 4 rings (SSSR count). The van der Waals surface area contributed by atoms with Crippen LogP contribution in [0, 0.1) is 18.6 Å². The molecule has 28 heavy (non-hydrogen) atoms. The maximum absolute atomic E-state index is 13.6. The second kappa shape index (κ2) is 7.42. The zero-order valence-electron chi connectivity index (χ0n) is 15.2. The van der Waals surface area contributed by atoms with Gasteiger partial charge in [-0.25, -0.2) is 13.8 Å². The van der Waals surface area contributed by atoms with E-state index in [1.807, 2.05) is 0 Å². The molecule has 0 aliphatic carbocycles. The highest BCUT2D eigenvalue weighted by Gasteiger charge is 2.26. The van der Waals surface area contributed by atoms with Crippen molar-refractivity contribution >= 4 is 5.91 Å². The van der Waals surface area contributed by atoms with Crippen molar-refractivity contribution in [1.82, 2.24) is 9.88 Å². The SMILES string of the molecule is Cc1ccc(OCc2nc3c(o2)CN(C(=O)c2ccc(F)cc2)CC3)cc1F. The number of hydrogen-bond donors (Lipinski definition) is 0. The summed E-state index contributed by atoms with van der Waals surface area (Å²) in [6.07, 6.45) is 0.560. The van der Waals surface area contributed by atoms with Crippen molar-refractivity contribution in [2.75, 3.05) is 6.54 Å². The number of ether oxygens (including phenoxy) is 1. The molecule has 0 atom stereocenters. The van der Waals surface area contributed by atoms with Crippen LogP contribution in [0.3, 0.4) is 0 Å². The average molecular weight is 384 g/mol. The third-order valence-corrected chi connectivity index (χ3v) is 4.66. The highest BCUT2D eigenvalue weighted by Crippen LogP contribution is 2.23. The fourth-order valence-electron chi connectivity index (χ4n) is 3.07. The Morgan fingerprint density at radius 1 is 1.21 bits per heavy atom. The topological polar surface area (TPSA) is 55.6 Å². The molecule has 7 heteroatoms. The third-order valence-electron chi connectivity index (χ3n) is 4.66. The quantitative estimate of drug-likeness (QED) is 0.681. The summed E-state index contributed by atoms with van der Waals surface area (Å²) in [5, 5.41) is 0. The minimum atomic E-state index is -0.384. The van der Waals surface area contributed by atoms with Crippen molar-refractivity contribution in [2.24, 2.45) is 0 Å². The summed E-state index contributed by atoms with van der Waals surface area (Å²) in [5.74, 6) is 0.477. The van der Waals surface area contributed by atoms with Crippen LogP contribution in [0.4, 0.5) is 8.78 Å². The van der Waals surface area contributed by atoms with Crippen LogP contribution < -0.4 is 4.74 Å². The van der Waals surface area contributed by atoms with Crippen LogP contribution in [0.15, 0.2) is 46.9 Å². The summed E-state index contributed by atoms with van der Waals surface area (Å²) in [5.41, 5.74) is 1.76. The molecule has 1 aromatic heterocycles. The van der Waals surface area contributed by atoms with Crippen molar-refractivity contribution in [3.63, 3.8) is 0 Å². The molecule has 5 nitrogen and oxygen atoms in total. The third kappa shape index (κ3) is 3.74. The van der Waals surface area contributed by atoms with E-state index in [1.54, 1.807) is 24.0 Å². The van der Waals surface area contributed by atoms with E-state index in [2.05, 4.69) is 4.98 Å². The van der Waals surface area contributed by atoms with Gasteiger partial charge < -0.3 is 14.1 Å². The Kier molecular flexibility index (Phi) is 4.81. The number of nitrogens with zero attached hydrogens (tertiary/aromatic N) is 2. The van der Waals surface area contributed by atoms with E-state index in [0.717, 1.165) is 5.69 Å². The van der Waals surface area contributed by atoms with Gasteiger partial charge in [0.1, 0.15) is 23.1 Å². The molecule has 2 heterocycles. The van der Waals surface area contributed by atoms with Crippen molar-refractivity contribution in [3.8, 4) is 5.75 Å². The van der Waals surface area contributed by atoms with Crippen LogP contribution in [0.25, 0.3) is 0 Å². The molecule has 3 aromatic rings. The molecule has 0 spiro atoms. The molecule has 0 radical (unpaired) electrons. The highest BCUT2D eigenvalue weighted by molar-refractivity contribution is 5.94. The van der Waals surface area contributed by atoms with Crippen molar-refractivity contribution < 1.29 is 22.7 Å². The molecule has 0 fully saturated rings. The second-order valence-corrected chi connectivity index (χ2v) is 6.66. The number of halogens is 2. The van der Waals surface area contributed by atoms with Crippen molar-refractivity contribution in [1.29, 1.82) is 0 Å². The van der Waals surface area contributed by atoms with Crippen molar-refractivity contribution in [3.05, 3.63) is 82.6 Å². The molecule has 2 aromatic carbocycles. The Balaban J connectivity index is 1.42. The lowest BCUT2D eigenvalue weighted by Gasteiger charge is -2.25. The summed E-state index contributed by atoms with van der Waals surface area (Å²) >= 11 is 0. The normalized spacial score (nSPS) is 13.3. The van der Waals surface area contributed by atoms with E-state index >= 15 is 0 Å². The molecule has 1 amide bonds. The lowest BCUT2D eigenvalue weighted by molar-refractivity contribution is 0.0718. The number of aromatic nitrogens is 1. The zero-order chi connectivity index (χ0) is 19.7. The maximum atomic E-state index is 13.6. The Labute approximate surface area is 160 Å². The molecule has 0 unspecified atom stereocenters. The van der Waals surface area contributed by atoms with Crippen LogP contribution in [-0.4, -0.2) is 22.3 Å². The molecule has 1 aliphatic rings. The summed E-state index contributed by atoms with van der Waals surface area (Å²) in [4.78, 5) is 18.6. The van der Waals surface area contributed by atoms with E-state index in [-0.39, 0.29) is 30.7 Å². The first-order valence-corrected chi connectivity index (χ1v) is 8.91. The summed E-state index contributed by atoms with van der Waals surface area (Å²) in [7, 11) is 0. The number of benzene rings is 2. The van der Waals surface area contributed by atoms with Gasteiger partial charge in [0.05, 0.1) is 12.2 Å². The molecule has 0 bridgehead atoms. The Morgan fingerprint density at radius 3 is 2.75 bits per heavy atom. The summed E-state index contributed by atoms with van der Waals surface area (Å²) < 4.78 is 37.9. The van der Waals surface area contributed by atoms with Gasteiger partial charge in [0.2, 0.25) is 5.89 Å². The lowest BCUT2D eigenvalue weighted by atomic mass is 10.1. The molecule has 0 saturated heterocycles. The molecular formula is C21H18F2N2O3. The summed E-state index contributed by atoms with van der Waals surface area (Å²) in [6.45, 7) is 2.54. The van der Waals surface area contributed by atoms with Crippen LogP contribution in [0.5, 0.6) is 5.75 Å². The lowest BCUT2D eigenvalue weighted by Crippen LogP contribution is -2.35. The van der Waals surface area contributed by atoms with E-state index in [4.69, 9.17) is 9.15 Å². The van der Waals surface area contributed by atoms with Crippen LogP contribution >= 0.6 is 0 Å². The van der Waals surface area contributed by atoms with Gasteiger partial charge in [-0.2, -0.15) is 0 Å². The van der Waals surface area contributed by atoms with Gasteiger partial charge in [-0.1, -0.05) is 6.07 Å². The predicted molar refractivity (Wildman–Crippen MR) is 96.8 cm³/mol. The standard InChI is InChI=1S/C21H18F2N2O3/c1-13-2-7-16(10-17(13)23)27-12-20-24-18-8-9-25(11-19(18)28-20)21(26)14-3-5-15(22)6-4-14/h2-7,10H,8-9,11-12H2,1H3. The van der Waals surface area contributed by atoms with Gasteiger partial charge in [-0.05, 0) is 42.8 Å². The Bertz CT molecular complexity index is 1010. The fraction of sp³-hybridized carbons (Fsp3) is 0.238. The van der Waals surface area contributed by atoms with Crippen LogP contribution in [0.1, 0.15) is 33.3 Å². The van der Waals surface area contributed by atoms with E-state index in [9.17, 15) is 13.6 Å². The average Bonchev–Trinajstić information content (AvgIpc) is 3.11. The largest absolute Gasteiger partial charge is 0.484 e. The first kappa shape index (κ1) is 18.2. The number of fused-ring (bicyclic) bond motifs is 1. The van der Waals surface area contributed by atoms with Crippen molar-refractivity contribution in [2.45, 2.75) is 26.5 Å². The monoisotopic (exact) mass is 384 g/mol. The predicted octanol–water partition coefficient (Wildman–Crippen LogP) is 4.04. The number of carbonyl (C=O) groups excluding carboxylic acids is 1. The first-order valence-electron chi connectivity index (χ1n) is 8.91. The molecule has 0 saturated carbocycles. The smallest absolute Gasteiger partial charge is 0.254 e. The zero-order valence-corrected chi connectivity index (χ0v) is 15.2. The minimum Gasteiger partial charge on any atom is -0.484 e. The van der Waals surface area contributed by atoms with E-state index < -0.39 is 0 Å². The Hall–Kier alpha value is -3.22.